The van der Waals surface area contributed by atoms with Crippen LogP contribution in [0.5, 0.6) is 0 Å². The van der Waals surface area contributed by atoms with E-state index in [2.05, 4.69) is 20.2 Å². The van der Waals surface area contributed by atoms with Crippen molar-refractivity contribution in [3.8, 4) is 0 Å². The van der Waals surface area contributed by atoms with Crippen LogP contribution in [0.15, 0.2) is 18.3 Å². The van der Waals surface area contributed by atoms with Crippen LogP contribution in [0.25, 0.3) is 0 Å². The summed E-state index contributed by atoms with van der Waals surface area (Å²) in [6.45, 7) is 5.66. The number of pyridine rings is 1. The van der Waals surface area contributed by atoms with Crippen molar-refractivity contribution in [2.24, 2.45) is 0 Å². The molecule has 2 aliphatic heterocycles. The first-order chi connectivity index (χ1) is 13.4. The molecule has 0 radical (unpaired) electrons. The molecule has 2 fully saturated rings. The lowest BCUT2D eigenvalue weighted by atomic mass is 10.0. The van der Waals surface area contributed by atoms with E-state index in [1.54, 1.807) is 0 Å². The van der Waals surface area contributed by atoms with Crippen molar-refractivity contribution in [3.05, 3.63) is 29.6 Å². The smallest absolute Gasteiger partial charge is 0.227 e. The number of carbonyl (C=O) groups is 1. The fourth-order valence-corrected chi connectivity index (χ4v) is 4.32. The van der Waals surface area contributed by atoms with Gasteiger partial charge in [-0.1, -0.05) is 0 Å². The van der Waals surface area contributed by atoms with Gasteiger partial charge >= 0.3 is 0 Å². The van der Waals surface area contributed by atoms with Gasteiger partial charge < -0.3 is 20.2 Å². The minimum Gasteiger partial charge on any atom is -0.391 e. The normalized spacial score (nSPS) is 21.9. The molecular weight excluding hydrogens is 356 g/mol. The zero-order valence-electron chi connectivity index (χ0n) is 16.1. The average Bonchev–Trinajstić information content (AvgIpc) is 3.17. The van der Waals surface area contributed by atoms with E-state index in [-0.39, 0.29) is 17.4 Å². The summed E-state index contributed by atoms with van der Waals surface area (Å²) in [6.07, 6.45) is 4.62. The third-order valence-corrected chi connectivity index (χ3v) is 5.91. The molecule has 1 unspecified atom stereocenters. The van der Waals surface area contributed by atoms with Gasteiger partial charge in [-0.25, -0.2) is 9.97 Å². The first-order valence-electron chi connectivity index (χ1n) is 9.78. The minimum atomic E-state index is -0.318. The number of nitrogens with one attached hydrogen (secondary N) is 1. The molecule has 0 bridgehead atoms. The van der Waals surface area contributed by atoms with Crippen molar-refractivity contribution in [1.82, 2.24) is 15.0 Å². The van der Waals surface area contributed by atoms with Gasteiger partial charge in [0.25, 0.3) is 0 Å². The largest absolute Gasteiger partial charge is 0.391 e. The van der Waals surface area contributed by atoms with Crippen LogP contribution >= 0.6 is 0 Å². The molecule has 8 heteroatoms. The fraction of sp³-hybridized carbons (Fsp3) is 0.500. The number of nitrogens with zero attached hydrogens (tertiary/aromatic N) is 5. The monoisotopic (exact) mass is 380 g/mol. The van der Waals surface area contributed by atoms with Crippen LogP contribution in [0.2, 0.25) is 0 Å². The molecule has 2 aromatic heterocycles. The molecule has 146 valence electrons. The molecule has 28 heavy (non-hydrogen) atoms. The van der Waals surface area contributed by atoms with Crippen LogP contribution in [0.1, 0.15) is 37.4 Å². The summed E-state index contributed by atoms with van der Waals surface area (Å²) in [7, 11) is 0. The van der Waals surface area contributed by atoms with Gasteiger partial charge in [-0.05, 0) is 26.2 Å². The third-order valence-electron chi connectivity index (χ3n) is 5.91. The van der Waals surface area contributed by atoms with E-state index in [0.29, 0.717) is 18.3 Å². The molecular formula is C20H24N6O2. The maximum atomic E-state index is 11.5. The van der Waals surface area contributed by atoms with Crippen molar-refractivity contribution < 1.29 is 9.90 Å². The van der Waals surface area contributed by atoms with E-state index >= 15 is 0 Å². The molecule has 5 rings (SSSR count). The van der Waals surface area contributed by atoms with Gasteiger partial charge in [0.05, 0.1) is 11.8 Å². The fourth-order valence-electron chi connectivity index (χ4n) is 4.32. The molecule has 8 nitrogen and oxygen atoms in total. The second-order valence-electron chi connectivity index (χ2n) is 8.19. The van der Waals surface area contributed by atoms with Crippen molar-refractivity contribution in [3.63, 3.8) is 0 Å². The summed E-state index contributed by atoms with van der Waals surface area (Å²) >= 11 is 0. The number of fused-ring (bicyclic) bond motifs is 2. The number of aromatic nitrogens is 3. The number of β-amino-alcohol motifs (C(OH)–C–C–N with tert-alkyl or cyclic N) is 1. The Morgan fingerprint density at radius 1 is 1.32 bits per heavy atom. The molecule has 0 aromatic carbocycles. The molecule has 1 spiro atoms. The topological polar surface area (TPSA) is 94.5 Å². The van der Waals surface area contributed by atoms with Crippen molar-refractivity contribution >= 4 is 29.2 Å². The Labute approximate surface area is 163 Å². The predicted molar refractivity (Wildman–Crippen MR) is 106 cm³/mol. The molecule has 3 aliphatic rings. The molecule has 2 N–H and O–H groups in total. The maximum absolute atomic E-state index is 11.5. The van der Waals surface area contributed by atoms with Crippen LogP contribution in [0.3, 0.4) is 0 Å². The highest BCUT2D eigenvalue weighted by Gasteiger charge is 2.52. The Kier molecular flexibility index (Phi) is 3.80. The first-order valence-corrected chi connectivity index (χ1v) is 9.78. The molecule has 2 aromatic rings. The molecule has 4 heterocycles. The SMILES string of the molecule is CC(=O)Nc1cc2c(cn1)C1(CC1)CN2c1cc(C)nc(N2CCC(O)C2)n1. The van der Waals surface area contributed by atoms with E-state index in [1.165, 1.54) is 12.5 Å². The van der Waals surface area contributed by atoms with Gasteiger partial charge in [0.2, 0.25) is 11.9 Å². The second-order valence-corrected chi connectivity index (χ2v) is 8.19. The number of hydrogen-bond donors (Lipinski definition) is 2. The second kappa shape index (κ2) is 6.13. The summed E-state index contributed by atoms with van der Waals surface area (Å²) in [5.41, 5.74) is 3.34. The number of aryl methyl sites for hydroxylation is 1. The van der Waals surface area contributed by atoms with E-state index in [9.17, 15) is 9.90 Å². The Bertz CT molecular complexity index is 958. The molecule has 1 saturated heterocycles. The maximum Gasteiger partial charge on any atom is 0.227 e. The number of amides is 1. The van der Waals surface area contributed by atoms with E-state index in [4.69, 9.17) is 4.98 Å². The Morgan fingerprint density at radius 3 is 2.82 bits per heavy atom. The van der Waals surface area contributed by atoms with Gasteiger partial charge in [-0.3, -0.25) is 4.79 Å². The van der Waals surface area contributed by atoms with E-state index < -0.39 is 0 Å². The van der Waals surface area contributed by atoms with E-state index in [1.807, 2.05) is 30.2 Å². The Hall–Kier alpha value is -2.74. The summed E-state index contributed by atoms with van der Waals surface area (Å²) in [5, 5.41) is 12.7. The average molecular weight is 380 g/mol. The molecule has 1 aliphatic carbocycles. The summed E-state index contributed by atoms with van der Waals surface area (Å²) < 4.78 is 0. The quantitative estimate of drug-likeness (QED) is 0.840. The number of anilines is 4. The standard InChI is InChI=1S/C20H24N6O2/c1-12-7-18(24-19(22-12)25-6-3-14(28)10-25)26-11-20(4-5-20)15-9-21-17(8-16(15)26)23-13(2)27/h7-9,14,28H,3-6,10-11H2,1-2H3,(H,21,23,27). The highest BCUT2D eigenvalue weighted by atomic mass is 16.3. The Balaban J connectivity index is 1.54. The minimum absolute atomic E-state index is 0.133. The Morgan fingerprint density at radius 2 is 2.14 bits per heavy atom. The number of aliphatic hydroxyl groups is 1. The van der Waals surface area contributed by atoms with Gasteiger partial charge in [0, 0.05) is 61.6 Å². The third kappa shape index (κ3) is 2.88. The number of aliphatic hydroxyl groups excluding tert-OH is 1. The van der Waals surface area contributed by atoms with Crippen LogP contribution in [0.4, 0.5) is 23.3 Å². The van der Waals surface area contributed by atoms with E-state index in [0.717, 1.165) is 49.6 Å². The highest BCUT2D eigenvalue weighted by Crippen LogP contribution is 2.58. The molecule has 1 amide bonds. The van der Waals surface area contributed by atoms with Crippen molar-refractivity contribution in [1.29, 1.82) is 0 Å². The van der Waals surface area contributed by atoms with Crippen LogP contribution in [0, 0.1) is 6.92 Å². The van der Waals surface area contributed by atoms with Gasteiger partial charge in [-0.15, -0.1) is 0 Å². The number of rotatable bonds is 3. The number of hydrogen-bond acceptors (Lipinski definition) is 7. The summed E-state index contributed by atoms with van der Waals surface area (Å²) in [4.78, 5) is 29.6. The zero-order valence-corrected chi connectivity index (χ0v) is 16.1. The summed E-state index contributed by atoms with van der Waals surface area (Å²) in [5.74, 6) is 1.95. The van der Waals surface area contributed by atoms with Gasteiger partial charge in [0.1, 0.15) is 11.6 Å². The summed E-state index contributed by atoms with van der Waals surface area (Å²) in [6, 6.07) is 3.94. The van der Waals surface area contributed by atoms with Gasteiger partial charge in [0.15, 0.2) is 0 Å². The lowest BCUT2D eigenvalue weighted by Crippen LogP contribution is -2.26. The number of carbonyl (C=O) groups excluding carboxylic acids is 1. The van der Waals surface area contributed by atoms with Crippen LogP contribution in [-0.2, 0) is 10.2 Å². The molecule has 1 saturated carbocycles. The van der Waals surface area contributed by atoms with Crippen molar-refractivity contribution in [2.45, 2.75) is 44.6 Å². The van der Waals surface area contributed by atoms with Crippen LogP contribution in [-0.4, -0.2) is 51.7 Å². The van der Waals surface area contributed by atoms with Gasteiger partial charge in [-0.2, -0.15) is 4.98 Å². The highest BCUT2D eigenvalue weighted by molar-refractivity contribution is 5.89. The van der Waals surface area contributed by atoms with Crippen LogP contribution < -0.4 is 15.1 Å². The lowest BCUT2D eigenvalue weighted by Gasteiger charge is -2.22. The molecule has 1 atom stereocenters. The predicted octanol–water partition coefficient (Wildman–Crippen LogP) is 1.89. The lowest BCUT2D eigenvalue weighted by molar-refractivity contribution is -0.114. The van der Waals surface area contributed by atoms with Crippen molar-refractivity contribution in [2.75, 3.05) is 34.8 Å². The zero-order chi connectivity index (χ0) is 19.5. The first kappa shape index (κ1) is 17.4.